The van der Waals surface area contributed by atoms with Crippen LogP contribution in [0.3, 0.4) is 0 Å². The Morgan fingerprint density at radius 2 is 1.78 bits per heavy atom. The molecule has 0 spiro atoms. The van der Waals surface area contributed by atoms with Crippen LogP contribution in [0.1, 0.15) is 6.92 Å². The van der Waals surface area contributed by atoms with Gasteiger partial charge in [0.15, 0.2) is 0 Å². The summed E-state index contributed by atoms with van der Waals surface area (Å²) in [7, 11) is 0. The quantitative estimate of drug-likeness (QED) is 0.485. The van der Waals surface area contributed by atoms with E-state index in [0.717, 1.165) is 6.29 Å². The molecule has 1 aromatic rings. The largest absolute Gasteiger partial charge is 0.304 e. The molecule has 0 bridgehead atoms. The van der Waals surface area contributed by atoms with Gasteiger partial charge in [-0.1, -0.05) is 4.48 Å². The van der Waals surface area contributed by atoms with Crippen molar-refractivity contribution < 1.29 is 9.28 Å². The van der Waals surface area contributed by atoms with Crippen molar-refractivity contribution in [1.29, 1.82) is 0 Å². The van der Waals surface area contributed by atoms with Crippen LogP contribution in [0.25, 0.3) is 0 Å². The molecule has 9 heavy (non-hydrogen) atoms. The average Bonchev–Trinajstić information content (AvgIpc) is 2.20. The smallest absolute Gasteiger partial charge is 0.116 e. The molecule has 0 N–H and O–H groups in total. The number of carbonyl (C=O) groups is 1. The third-order valence-corrected chi connectivity index (χ3v) is 0.568. The summed E-state index contributed by atoms with van der Waals surface area (Å²) in [5, 5.41) is 0. The van der Waals surface area contributed by atoms with Gasteiger partial charge in [0.2, 0.25) is 0 Å². The van der Waals surface area contributed by atoms with E-state index in [4.69, 9.17) is 4.79 Å². The molecule has 0 amide bonds. The Morgan fingerprint density at radius 1 is 1.44 bits per heavy atom. The maximum Gasteiger partial charge on any atom is 0.116 e. The lowest BCUT2D eigenvalue weighted by Crippen LogP contribution is -1.66. The third-order valence-electron chi connectivity index (χ3n) is 0.568. The summed E-state index contributed by atoms with van der Waals surface area (Å²) in [6, 6.07) is 3.25. The zero-order valence-electron chi connectivity index (χ0n) is 5.12. The SMILES string of the molecule is CC=O.Fn1cccc1. The van der Waals surface area contributed by atoms with Gasteiger partial charge in [0.1, 0.15) is 6.29 Å². The average molecular weight is 129 g/mol. The van der Waals surface area contributed by atoms with E-state index in [9.17, 15) is 4.48 Å². The Kier molecular flexibility index (Phi) is 4.40. The number of halogens is 1. The maximum atomic E-state index is 11.6. The first-order valence-corrected chi connectivity index (χ1v) is 2.50. The summed E-state index contributed by atoms with van der Waals surface area (Å²) < 4.78 is 11.6. The molecular weight excluding hydrogens is 121 g/mol. The standard InChI is InChI=1S/C4H4FN.C2H4O/c5-6-3-1-2-4-6;1-2-3/h1-4H;2H,1H3. The predicted molar refractivity (Wildman–Crippen MR) is 32.7 cm³/mol. The topological polar surface area (TPSA) is 22.0 Å². The summed E-state index contributed by atoms with van der Waals surface area (Å²) in [5.74, 6) is 0. The molecule has 0 aliphatic rings. The van der Waals surface area contributed by atoms with Gasteiger partial charge in [-0.15, -0.1) is 0 Å². The van der Waals surface area contributed by atoms with E-state index in [2.05, 4.69) is 0 Å². The van der Waals surface area contributed by atoms with Gasteiger partial charge in [0.25, 0.3) is 0 Å². The summed E-state index contributed by atoms with van der Waals surface area (Å²) in [4.78, 5) is 9.31. The van der Waals surface area contributed by atoms with E-state index >= 15 is 0 Å². The molecule has 0 saturated heterocycles. The van der Waals surface area contributed by atoms with Crippen LogP contribution in [-0.2, 0) is 4.79 Å². The van der Waals surface area contributed by atoms with Crippen molar-refractivity contribution in [3.05, 3.63) is 24.5 Å². The Balaban J connectivity index is 0.000000187. The molecule has 0 fully saturated rings. The van der Waals surface area contributed by atoms with Gasteiger partial charge >= 0.3 is 0 Å². The summed E-state index contributed by atoms with van der Waals surface area (Å²) in [6.45, 7) is 1.44. The Bertz CT molecular complexity index is 148. The van der Waals surface area contributed by atoms with Crippen molar-refractivity contribution >= 4 is 6.29 Å². The zero-order chi connectivity index (χ0) is 7.11. The summed E-state index contributed by atoms with van der Waals surface area (Å²) in [6.07, 6.45) is 3.42. The molecule has 50 valence electrons. The first kappa shape index (κ1) is 7.88. The van der Waals surface area contributed by atoms with Crippen molar-refractivity contribution in [3.63, 3.8) is 0 Å². The molecule has 0 atom stereocenters. The minimum Gasteiger partial charge on any atom is -0.304 e. The number of aromatic nitrogens is 1. The molecule has 3 heteroatoms. The van der Waals surface area contributed by atoms with Crippen LogP contribution < -0.4 is 0 Å². The van der Waals surface area contributed by atoms with Crippen molar-refractivity contribution in [2.24, 2.45) is 0 Å². The monoisotopic (exact) mass is 129 g/mol. The second kappa shape index (κ2) is 5.03. The molecule has 1 heterocycles. The van der Waals surface area contributed by atoms with Crippen molar-refractivity contribution in [2.75, 3.05) is 0 Å². The molecule has 0 saturated carbocycles. The highest BCUT2D eigenvalue weighted by Gasteiger charge is 1.72. The molecule has 0 aliphatic heterocycles. The number of carbonyl (C=O) groups excluding carboxylic acids is 1. The van der Waals surface area contributed by atoms with Crippen LogP contribution in [-0.4, -0.2) is 11.1 Å². The van der Waals surface area contributed by atoms with Crippen LogP contribution in [0, 0.1) is 0 Å². The second-order valence-corrected chi connectivity index (χ2v) is 1.26. The molecule has 2 nitrogen and oxygen atoms in total. The van der Waals surface area contributed by atoms with E-state index in [-0.39, 0.29) is 0 Å². The minimum atomic E-state index is 0.500. The molecule has 1 rings (SSSR count). The van der Waals surface area contributed by atoms with Gasteiger partial charge < -0.3 is 4.79 Å². The van der Waals surface area contributed by atoms with Gasteiger partial charge in [-0.3, -0.25) is 0 Å². The number of rotatable bonds is 0. The molecular formula is C6H8FNO. The zero-order valence-corrected chi connectivity index (χ0v) is 5.12. The first-order valence-electron chi connectivity index (χ1n) is 2.50. The van der Waals surface area contributed by atoms with E-state index in [1.165, 1.54) is 19.3 Å². The fourth-order valence-corrected chi connectivity index (χ4v) is 0.314. The van der Waals surface area contributed by atoms with Gasteiger partial charge in [-0.25, -0.2) is 0 Å². The van der Waals surface area contributed by atoms with Crippen LogP contribution in [0.2, 0.25) is 0 Å². The Hall–Kier alpha value is -1.12. The molecule has 0 unspecified atom stereocenters. The maximum absolute atomic E-state index is 11.6. The first-order chi connectivity index (χ1) is 4.31. The lowest BCUT2D eigenvalue weighted by atomic mass is 10.7. The van der Waals surface area contributed by atoms with Crippen molar-refractivity contribution in [3.8, 4) is 0 Å². The lowest BCUT2D eigenvalue weighted by molar-refractivity contribution is -0.106. The van der Waals surface area contributed by atoms with Crippen LogP contribution in [0.15, 0.2) is 24.5 Å². The summed E-state index contributed by atoms with van der Waals surface area (Å²) >= 11 is 0. The van der Waals surface area contributed by atoms with Crippen molar-refractivity contribution in [1.82, 2.24) is 4.79 Å². The number of hydrogen-bond donors (Lipinski definition) is 0. The van der Waals surface area contributed by atoms with Gasteiger partial charge in [-0.05, 0) is 19.1 Å². The van der Waals surface area contributed by atoms with Crippen molar-refractivity contribution in [2.45, 2.75) is 6.92 Å². The molecule has 1 aromatic heterocycles. The molecule has 0 aliphatic carbocycles. The third kappa shape index (κ3) is 4.74. The van der Waals surface area contributed by atoms with E-state index in [1.807, 2.05) is 0 Å². The summed E-state index contributed by atoms with van der Waals surface area (Å²) in [5.41, 5.74) is 0. The fraction of sp³-hybridized carbons (Fsp3) is 0.167. The Morgan fingerprint density at radius 3 is 1.89 bits per heavy atom. The van der Waals surface area contributed by atoms with Gasteiger partial charge in [0, 0.05) is 12.4 Å². The van der Waals surface area contributed by atoms with E-state index in [0.29, 0.717) is 4.79 Å². The second-order valence-electron chi connectivity index (χ2n) is 1.26. The van der Waals surface area contributed by atoms with Crippen LogP contribution >= 0.6 is 0 Å². The number of nitrogens with zero attached hydrogens (tertiary/aromatic N) is 1. The number of hydrogen-bond acceptors (Lipinski definition) is 1. The fourth-order valence-electron chi connectivity index (χ4n) is 0.314. The normalized spacial score (nSPS) is 7.33. The van der Waals surface area contributed by atoms with E-state index < -0.39 is 0 Å². The lowest BCUT2D eigenvalue weighted by Gasteiger charge is -1.71. The number of aldehydes is 1. The highest BCUT2D eigenvalue weighted by Crippen LogP contribution is 1.84. The van der Waals surface area contributed by atoms with E-state index in [1.54, 1.807) is 12.1 Å². The van der Waals surface area contributed by atoms with Crippen LogP contribution in [0.4, 0.5) is 4.48 Å². The van der Waals surface area contributed by atoms with Gasteiger partial charge in [-0.2, -0.15) is 4.79 Å². The predicted octanol–water partition coefficient (Wildman–Crippen LogP) is 1.43. The van der Waals surface area contributed by atoms with Gasteiger partial charge in [0.05, 0.1) is 0 Å². The highest BCUT2D eigenvalue weighted by atomic mass is 19.2. The molecule has 0 aromatic carbocycles. The highest BCUT2D eigenvalue weighted by molar-refractivity contribution is 5.44. The molecule has 0 radical (unpaired) electrons. The Labute approximate surface area is 52.8 Å². The minimum absolute atomic E-state index is 0.500. The van der Waals surface area contributed by atoms with Crippen LogP contribution in [0.5, 0.6) is 0 Å².